The maximum Gasteiger partial charge on any atom is 0.0449 e. The molecule has 0 aliphatic rings. The van der Waals surface area contributed by atoms with Gasteiger partial charge in [-0.15, -0.1) is 22.7 Å². The molecule has 0 aliphatic heterocycles. The van der Waals surface area contributed by atoms with Crippen LogP contribution in [0.4, 0.5) is 0 Å². The Labute approximate surface area is 654 Å². The standard InChI is InChI=1S/C96H126P4S4/c1-85(2,3)59-43-63(89(13,14)15)77(64(44-59)90(16,17)18)97-81-73(55-37-39-101-51-55)75(83(81)99-79-67(93(25,26)27)47-61(87(7,8)9)48-68(79)94(28,29)30)57-41-71(103-53-57)72-42-58(54-104-72)76-74(56-38-40-102-52-56)82(98-78-65(91(19,20)21)45-60(86(4,5)6)46-66(78)92(22,23)24)84(76)100-80-69(95(31,32)33)49-62(88(10,11)12)50-70(80)96(34,35)36/h37-54H,1-36H3. The molecule has 0 saturated carbocycles. The molecule has 0 N–H and O–H groups in total. The third-order valence-electron chi connectivity index (χ3n) is 20.8. The summed E-state index contributed by atoms with van der Waals surface area (Å²) in [7, 11) is 5.06. The van der Waals surface area contributed by atoms with E-state index in [1.807, 2.05) is 45.3 Å². The van der Waals surface area contributed by atoms with Gasteiger partial charge in [0.15, 0.2) is 0 Å². The molecule has 4 aromatic heterocycles. The molecule has 10 rings (SSSR count). The minimum absolute atomic E-state index is 0.00424. The Balaban J connectivity index is 1.33. The fourth-order valence-electron chi connectivity index (χ4n) is 14.2. The van der Waals surface area contributed by atoms with Crippen molar-refractivity contribution in [3.63, 3.8) is 0 Å². The molecule has 0 nitrogen and oxygen atoms in total. The smallest absolute Gasteiger partial charge is 0.0449 e. The van der Waals surface area contributed by atoms with E-state index in [0.29, 0.717) is 0 Å². The zero-order valence-electron chi connectivity index (χ0n) is 70.8. The molecule has 104 heavy (non-hydrogen) atoms. The van der Waals surface area contributed by atoms with Gasteiger partial charge < -0.3 is 0 Å². The highest BCUT2D eigenvalue weighted by molar-refractivity contribution is 7.43. The van der Waals surface area contributed by atoms with Gasteiger partial charge in [0.1, 0.15) is 0 Å². The fourth-order valence-corrected chi connectivity index (χ4v) is 25.3. The first-order chi connectivity index (χ1) is 47.2. The number of hydrogen-bond donors (Lipinski definition) is 0. The van der Waals surface area contributed by atoms with Crippen LogP contribution >= 0.6 is 78.2 Å². The van der Waals surface area contributed by atoms with Gasteiger partial charge in [0.05, 0.1) is 0 Å². The van der Waals surface area contributed by atoms with Crippen LogP contribution in [0.3, 0.4) is 0 Å². The van der Waals surface area contributed by atoms with Crippen molar-refractivity contribution in [1.29, 1.82) is 0 Å². The maximum atomic E-state index is 2.59. The van der Waals surface area contributed by atoms with E-state index < -0.39 is 0 Å². The van der Waals surface area contributed by atoms with Crippen LogP contribution < -0.4 is 21.2 Å². The van der Waals surface area contributed by atoms with Gasteiger partial charge in [-0.2, -0.15) is 22.7 Å². The Morgan fingerprint density at radius 3 is 0.548 bits per heavy atom. The summed E-state index contributed by atoms with van der Waals surface area (Å²) in [5.41, 5.74) is 27.4. The van der Waals surface area contributed by atoms with Crippen LogP contribution in [0, 0.1) is 19.8 Å². The first-order valence-corrected chi connectivity index (χ1v) is 45.3. The molecular formula is C96H126P4S4. The van der Waals surface area contributed by atoms with Crippen LogP contribution in [0.5, 0.6) is 0 Å². The molecule has 0 saturated heterocycles. The first kappa shape index (κ1) is 82.3. The molecule has 0 aliphatic carbocycles. The van der Waals surface area contributed by atoms with E-state index in [1.54, 1.807) is 0 Å². The first-order valence-electron chi connectivity index (χ1n) is 38.0. The number of rotatable bonds is 9. The summed E-state index contributed by atoms with van der Waals surface area (Å²) in [6.07, 6.45) is 0. The Morgan fingerprint density at radius 1 is 0.212 bits per heavy atom. The largest absolute Gasteiger partial charge is 0.152 e. The van der Waals surface area contributed by atoms with Gasteiger partial charge in [0, 0.05) is 73.0 Å². The Kier molecular flexibility index (Phi) is 22.2. The third kappa shape index (κ3) is 17.1. The van der Waals surface area contributed by atoms with Gasteiger partial charge >= 0.3 is 0 Å². The molecule has 8 heteroatoms. The molecule has 0 unspecified atom stereocenters. The van der Waals surface area contributed by atoms with Gasteiger partial charge in [-0.1, -0.05) is 331 Å². The van der Waals surface area contributed by atoms with E-state index in [4.69, 9.17) is 0 Å². The minimum atomic E-state index is -0.100. The van der Waals surface area contributed by atoms with Crippen molar-refractivity contribution >= 4 is 99.4 Å². The molecule has 4 heterocycles. The molecule has 0 fully saturated rings. The van der Waals surface area contributed by atoms with E-state index in [1.165, 1.54) is 195 Å². The lowest BCUT2D eigenvalue weighted by molar-refractivity contribution is 0.553. The van der Waals surface area contributed by atoms with Gasteiger partial charge in [0.25, 0.3) is 0 Å². The van der Waals surface area contributed by atoms with Crippen molar-refractivity contribution in [3.05, 3.63) is 192 Å². The van der Waals surface area contributed by atoms with Crippen LogP contribution in [-0.2, 0) is 65.0 Å². The van der Waals surface area contributed by atoms with Gasteiger partial charge in [-0.3, -0.25) is 0 Å². The monoisotopic (exact) mass is 1530 g/mol. The summed E-state index contributed by atoms with van der Waals surface area (Å²) < 4.78 is 0. The summed E-state index contributed by atoms with van der Waals surface area (Å²) in [6.45, 7) is 87.3. The minimum Gasteiger partial charge on any atom is -0.152 e. The fraction of sp³-hybridized carbons (Fsp3) is 0.500. The van der Waals surface area contributed by atoms with Crippen molar-refractivity contribution in [2.45, 2.75) is 314 Å². The predicted molar refractivity (Wildman–Crippen MR) is 479 cm³/mol. The Hall–Kier alpha value is -4.16. The quantitative estimate of drug-likeness (QED) is 0.126. The lowest BCUT2D eigenvalue weighted by Gasteiger charge is -2.33. The maximum absolute atomic E-state index is 2.59. The SMILES string of the molecule is CC(C)(C)c1cc(C(C)(C)C)c(P=c2c(-c3ccsc3)c(-c3csc(-c4cc(-c5c(-c6ccsc6)c(=Pc6c(C(C)(C)C)cc(C(C)(C)C)cc6C(C)(C)C)c5=Pc5c(C(C)(C)C)cc(C(C)(C)C)cc5C(C)(C)C)cs4)c3)c2=Pc2c(C(C)(C)C)cc(C(C)(C)C)cc2C(C)(C)C)c(C(C)(C)C)c1. The van der Waals surface area contributed by atoms with Crippen molar-refractivity contribution < 1.29 is 0 Å². The average Bonchev–Trinajstić information content (AvgIpc) is 1.11. The van der Waals surface area contributed by atoms with E-state index in [0.717, 1.165) is 0 Å². The summed E-state index contributed by atoms with van der Waals surface area (Å²) in [5, 5.41) is 20.4. The highest BCUT2D eigenvalue weighted by Crippen LogP contribution is 2.53. The van der Waals surface area contributed by atoms with E-state index in [9.17, 15) is 0 Å². The van der Waals surface area contributed by atoms with Gasteiger partial charge in [-0.25, -0.2) is 0 Å². The van der Waals surface area contributed by atoms with Crippen molar-refractivity contribution in [1.82, 2.24) is 0 Å². The van der Waals surface area contributed by atoms with Crippen LogP contribution in [0.1, 0.15) is 316 Å². The summed E-state index contributed by atoms with van der Waals surface area (Å²) in [4.78, 5) is 8.49. The lowest BCUT2D eigenvalue weighted by Crippen LogP contribution is -2.30. The normalized spacial score (nSPS) is 14.8. The molecule has 0 spiro atoms. The molecular weight excluding hydrogens is 1410 g/mol. The third-order valence-corrected chi connectivity index (χ3v) is 30.1. The number of benzene rings is 4. The van der Waals surface area contributed by atoms with E-state index >= 15 is 0 Å². The zero-order chi connectivity index (χ0) is 77.7. The van der Waals surface area contributed by atoms with E-state index in [2.05, 4.69) is 354 Å². The van der Waals surface area contributed by atoms with Gasteiger partial charge in [0.2, 0.25) is 0 Å². The predicted octanol–water partition coefficient (Wildman–Crippen LogP) is 30.8. The molecule has 0 radical (unpaired) electrons. The average molecular weight is 1530 g/mol. The zero-order valence-corrected chi connectivity index (χ0v) is 77.7. The van der Waals surface area contributed by atoms with Crippen molar-refractivity contribution in [3.8, 4) is 54.3 Å². The summed E-state index contributed by atoms with van der Waals surface area (Å²) >= 11 is 7.50. The Bertz CT molecular complexity index is 4620. The number of hydrogen-bond acceptors (Lipinski definition) is 4. The van der Waals surface area contributed by atoms with Crippen LogP contribution in [0.2, 0.25) is 0 Å². The molecule has 10 aromatic rings. The number of thiophene rings is 4. The second-order valence-electron chi connectivity index (χ2n) is 42.4. The van der Waals surface area contributed by atoms with E-state index in [-0.39, 0.29) is 65.0 Å². The molecule has 0 bridgehead atoms. The second kappa shape index (κ2) is 28.0. The molecule has 6 aromatic carbocycles. The van der Waals surface area contributed by atoms with Crippen molar-refractivity contribution in [2.75, 3.05) is 0 Å². The topological polar surface area (TPSA) is 0 Å². The highest BCUT2D eigenvalue weighted by atomic mass is 32.1. The van der Waals surface area contributed by atoms with Crippen LogP contribution in [-0.4, -0.2) is 0 Å². The summed E-state index contributed by atoms with van der Waals surface area (Å²) in [6, 6.07) is 30.7. The molecule has 554 valence electrons. The van der Waals surface area contributed by atoms with Crippen molar-refractivity contribution in [2.24, 2.45) is 0 Å². The molecule has 0 amide bonds. The molecule has 0 atom stereocenters. The van der Waals surface area contributed by atoms with Crippen LogP contribution in [0.15, 0.2) is 105 Å². The summed E-state index contributed by atoms with van der Waals surface area (Å²) in [5.74, 6) is 0. The second-order valence-corrected chi connectivity index (χ2v) is 50.3. The van der Waals surface area contributed by atoms with Crippen LogP contribution in [0.25, 0.3) is 54.3 Å². The highest BCUT2D eigenvalue weighted by Gasteiger charge is 2.37. The lowest BCUT2D eigenvalue weighted by atomic mass is 9.75. The van der Waals surface area contributed by atoms with Gasteiger partial charge in [-0.05, 0) is 211 Å². The Morgan fingerprint density at radius 2 is 0.394 bits per heavy atom.